The Balaban J connectivity index is 2.02. The molecule has 0 aliphatic heterocycles. The van der Waals surface area contributed by atoms with Crippen molar-refractivity contribution in [1.82, 2.24) is 0 Å². The van der Waals surface area contributed by atoms with Gasteiger partial charge in [-0.15, -0.1) is 0 Å². The summed E-state index contributed by atoms with van der Waals surface area (Å²) in [6.07, 6.45) is -1.65. The van der Waals surface area contributed by atoms with Gasteiger partial charge in [0.1, 0.15) is 22.8 Å². The van der Waals surface area contributed by atoms with E-state index in [2.05, 4.69) is 0 Å². The number of phenolic OH excluding ortho intramolecular Hbond substituents is 1. The summed E-state index contributed by atoms with van der Waals surface area (Å²) in [6.45, 7) is 10.8. The number of rotatable bonds is 6. The van der Waals surface area contributed by atoms with Crippen molar-refractivity contribution in [3.63, 3.8) is 0 Å². The zero-order valence-electron chi connectivity index (χ0n) is 24.4. The molecule has 1 aromatic carbocycles. The van der Waals surface area contributed by atoms with Crippen LogP contribution in [0.3, 0.4) is 0 Å². The van der Waals surface area contributed by atoms with Crippen molar-refractivity contribution >= 4 is 29.1 Å². The number of ketones is 3. The summed E-state index contributed by atoms with van der Waals surface area (Å²) in [5, 5.41) is 58.4. The molecule has 0 heterocycles. The molecular weight excluding hydrogens is 532 g/mol. The quantitative estimate of drug-likeness (QED) is 0.252. The van der Waals surface area contributed by atoms with Gasteiger partial charge in [0.05, 0.1) is 23.8 Å². The molecule has 222 valence electrons. The van der Waals surface area contributed by atoms with E-state index < -0.39 is 86.3 Å². The van der Waals surface area contributed by atoms with Crippen molar-refractivity contribution in [2.45, 2.75) is 78.9 Å². The fourth-order valence-electron chi connectivity index (χ4n) is 7.64. The van der Waals surface area contributed by atoms with Crippen LogP contribution >= 0.6 is 0 Å². The Morgan fingerprint density at radius 2 is 1.71 bits per heavy atom. The summed E-state index contributed by atoms with van der Waals surface area (Å²) in [6, 6.07) is 3.23. The summed E-state index contributed by atoms with van der Waals surface area (Å²) < 4.78 is 4.95. The van der Waals surface area contributed by atoms with Crippen LogP contribution in [0.4, 0.5) is 0 Å². The molecule has 0 aromatic heterocycles. The third-order valence-electron chi connectivity index (χ3n) is 9.82. The highest BCUT2D eigenvalue weighted by molar-refractivity contribution is 6.24. The number of allylic oxidation sites excluding steroid dienone is 1. The normalized spacial score (nSPS) is 33.0. The van der Waals surface area contributed by atoms with Crippen molar-refractivity contribution in [1.29, 1.82) is 0 Å². The predicted octanol–water partition coefficient (Wildman–Crippen LogP) is 3.22. The molecule has 1 unspecified atom stereocenters. The van der Waals surface area contributed by atoms with E-state index in [9.17, 15) is 44.7 Å². The van der Waals surface area contributed by atoms with Gasteiger partial charge in [-0.3, -0.25) is 19.2 Å². The first-order chi connectivity index (χ1) is 18.9. The van der Waals surface area contributed by atoms with E-state index in [1.165, 1.54) is 13.8 Å². The molecule has 1 saturated carbocycles. The van der Waals surface area contributed by atoms with Crippen LogP contribution < -0.4 is 0 Å². The fraction of sp³-hybridized carbons (Fsp3) is 0.548. The summed E-state index contributed by atoms with van der Waals surface area (Å²) in [5.41, 5.74) is -7.07. The van der Waals surface area contributed by atoms with Crippen LogP contribution in [0.25, 0.3) is 5.76 Å². The lowest BCUT2D eigenvalue weighted by molar-refractivity contribution is -0.215. The molecule has 4 rings (SSSR count). The lowest BCUT2D eigenvalue weighted by atomic mass is 9.40. The van der Waals surface area contributed by atoms with Gasteiger partial charge in [-0.1, -0.05) is 46.8 Å². The van der Waals surface area contributed by atoms with Gasteiger partial charge in [0.15, 0.2) is 17.2 Å². The highest BCUT2D eigenvalue weighted by atomic mass is 16.5. The number of esters is 1. The van der Waals surface area contributed by atoms with Gasteiger partial charge in [-0.05, 0) is 43.2 Å². The minimum atomic E-state index is -2.94. The molecule has 3 aliphatic rings. The number of Topliss-reactive ketones (excluding diaryl/α,β-unsaturated/α-hetero) is 3. The number of carbonyl (C=O) groups excluding carboxylic acids is 4. The Kier molecular flexibility index (Phi) is 7.28. The first-order valence-corrected chi connectivity index (χ1v) is 13.8. The highest BCUT2D eigenvalue weighted by Gasteiger charge is 2.77. The number of ether oxygens (including phenoxy) is 1. The first kappa shape index (κ1) is 30.5. The standard InChI is InChI=1S/C31H38O10/c1-8-41-18(33)12-10-16-9-11-17-14(4)29(6)22(25(36)20(17)23(16)34)27(38)31(40)26(37)19(15(5)32)24(35)21(13(2)3)30(31,7)28(29)39/h9,11,13-14,21,28,34,36-37,39-40H,8,10,12H2,1-7H3/t14-,21?,28-,29+,30+,31+/m1/s1. The number of phenols is 1. The van der Waals surface area contributed by atoms with Crippen LogP contribution in [-0.2, 0) is 30.3 Å². The first-order valence-electron chi connectivity index (χ1n) is 13.8. The van der Waals surface area contributed by atoms with Crippen LogP contribution in [0, 0.1) is 22.7 Å². The third kappa shape index (κ3) is 3.69. The second-order valence-corrected chi connectivity index (χ2v) is 12.2. The maximum absolute atomic E-state index is 14.4. The van der Waals surface area contributed by atoms with Crippen LogP contribution in [0.2, 0.25) is 0 Å². The average molecular weight is 571 g/mol. The summed E-state index contributed by atoms with van der Waals surface area (Å²) in [7, 11) is 0. The van der Waals surface area contributed by atoms with Crippen LogP contribution in [-0.4, -0.2) is 67.2 Å². The van der Waals surface area contributed by atoms with Gasteiger partial charge < -0.3 is 30.3 Å². The number of carbonyl (C=O) groups is 4. The zero-order chi connectivity index (χ0) is 31.0. The number of hydrogen-bond donors (Lipinski definition) is 5. The monoisotopic (exact) mass is 570 g/mol. The van der Waals surface area contributed by atoms with Gasteiger partial charge in [-0.2, -0.15) is 0 Å². The molecule has 6 atom stereocenters. The van der Waals surface area contributed by atoms with Crippen molar-refractivity contribution in [3.05, 3.63) is 45.7 Å². The highest BCUT2D eigenvalue weighted by Crippen LogP contribution is 2.67. The van der Waals surface area contributed by atoms with Gasteiger partial charge in [0.2, 0.25) is 5.78 Å². The fourth-order valence-corrected chi connectivity index (χ4v) is 7.64. The molecule has 10 nitrogen and oxygen atoms in total. The predicted molar refractivity (Wildman–Crippen MR) is 147 cm³/mol. The Hall–Kier alpha value is -3.50. The average Bonchev–Trinajstić information content (AvgIpc) is 2.88. The largest absolute Gasteiger partial charge is 0.508 e. The zero-order valence-corrected chi connectivity index (χ0v) is 24.4. The minimum absolute atomic E-state index is 0.0440. The van der Waals surface area contributed by atoms with E-state index in [4.69, 9.17) is 4.74 Å². The third-order valence-corrected chi connectivity index (χ3v) is 9.82. The van der Waals surface area contributed by atoms with Gasteiger partial charge in [-0.25, -0.2) is 0 Å². The van der Waals surface area contributed by atoms with Gasteiger partial charge in [0, 0.05) is 23.2 Å². The molecule has 41 heavy (non-hydrogen) atoms. The van der Waals surface area contributed by atoms with E-state index in [0.29, 0.717) is 11.1 Å². The number of aryl methyl sites for hydroxylation is 1. The van der Waals surface area contributed by atoms with E-state index >= 15 is 0 Å². The SMILES string of the molecule is CCOC(=O)CCc1ccc2c(c1O)C(O)=C1C(=O)[C@@]3(O)C(O)=C(C(C)=O)C(=O)C(C(C)C)[C@@]3(C)[C@H](O)[C@@]1(C)[C@@H]2C. The van der Waals surface area contributed by atoms with Crippen molar-refractivity contribution in [2.75, 3.05) is 6.61 Å². The Morgan fingerprint density at radius 3 is 2.24 bits per heavy atom. The van der Waals surface area contributed by atoms with Crippen molar-refractivity contribution in [2.24, 2.45) is 22.7 Å². The maximum Gasteiger partial charge on any atom is 0.306 e. The number of fused-ring (bicyclic) bond motifs is 3. The summed E-state index contributed by atoms with van der Waals surface area (Å²) in [4.78, 5) is 52.5. The molecule has 5 N–H and O–H groups in total. The second kappa shape index (κ2) is 9.80. The molecule has 0 spiro atoms. The molecule has 3 aliphatic carbocycles. The molecular formula is C31H38O10. The van der Waals surface area contributed by atoms with Gasteiger partial charge in [0.25, 0.3) is 0 Å². The molecule has 0 amide bonds. The number of aromatic hydroxyl groups is 1. The molecule has 1 aromatic rings. The molecule has 0 saturated heterocycles. The van der Waals surface area contributed by atoms with Crippen molar-refractivity contribution < 1.29 is 49.4 Å². The molecule has 10 heteroatoms. The number of aliphatic hydroxyl groups is 4. The maximum atomic E-state index is 14.4. The van der Waals surface area contributed by atoms with Crippen LogP contribution in [0.15, 0.2) is 29.0 Å². The Morgan fingerprint density at radius 1 is 1.10 bits per heavy atom. The topological polar surface area (TPSA) is 179 Å². The molecule has 1 fully saturated rings. The van der Waals surface area contributed by atoms with Crippen molar-refractivity contribution in [3.8, 4) is 5.75 Å². The van der Waals surface area contributed by atoms with E-state index in [0.717, 1.165) is 6.92 Å². The Bertz CT molecular complexity index is 1430. The number of hydrogen-bond acceptors (Lipinski definition) is 10. The van der Waals surface area contributed by atoms with E-state index in [1.807, 2.05) is 0 Å². The number of aliphatic hydroxyl groups excluding tert-OH is 3. The smallest absolute Gasteiger partial charge is 0.306 e. The van der Waals surface area contributed by atoms with Crippen LogP contribution in [0.5, 0.6) is 5.75 Å². The lowest BCUT2D eigenvalue weighted by Crippen LogP contribution is -2.75. The van der Waals surface area contributed by atoms with E-state index in [1.54, 1.807) is 39.8 Å². The lowest BCUT2D eigenvalue weighted by Gasteiger charge is -2.63. The van der Waals surface area contributed by atoms with Gasteiger partial charge >= 0.3 is 5.97 Å². The minimum Gasteiger partial charge on any atom is -0.508 e. The van der Waals surface area contributed by atoms with E-state index in [-0.39, 0.29) is 30.8 Å². The molecule has 0 bridgehead atoms. The summed E-state index contributed by atoms with van der Waals surface area (Å²) in [5.74, 6) is -8.07. The number of benzene rings is 1. The second-order valence-electron chi connectivity index (χ2n) is 12.2. The summed E-state index contributed by atoms with van der Waals surface area (Å²) >= 11 is 0. The van der Waals surface area contributed by atoms with Crippen LogP contribution in [0.1, 0.15) is 77.5 Å². The Labute approximate surface area is 238 Å². The molecule has 0 radical (unpaired) electrons.